The Morgan fingerprint density at radius 1 is 1.23 bits per heavy atom. The van der Waals surface area contributed by atoms with Gasteiger partial charge in [-0.05, 0) is 43.3 Å². The number of aryl methyl sites for hydroxylation is 1. The molecular weight excluding hydrogens is 282 g/mol. The molecule has 1 aromatic heterocycles. The third-order valence-corrected chi connectivity index (χ3v) is 3.39. The third-order valence-electron chi connectivity index (χ3n) is 3.39. The van der Waals surface area contributed by atoms with Crippen molar-refractivity contribution in [3.05, 3.63) is 53.9 Å². The Kier molecular flexibility index (Phi) is 4.83. The van der Waals surface area contributed by atoms with E-state index in [1.54, 1.807) is 24.3 Å². The molecule has 2 aromatic rings. The van der Waals surface area contributed by atoms with Crippen molar-refractivity contribution in [2.75, 3.05) is 5.32 Å². The van der Waals surface area contributed by atoms with E-state index in [1.165, 1.54) is 6.92 Å². The van der Waals surface area contributed by atoms with Crippen molar-refractivity contribution in [3.8, 4) is 0 Å². The molecule has 6 heteroatoms. The van der Waals surface area contributed by atoms with E-state index < -0.39 is 17.9 Å². The molecule has 0 fully saturated rings. The molecule has 3 N–H and O–H groups in total. The van der Waals surface area contributed by atoms with Gasteiger partial charge in [0.05, 0.1) is 6.54 Å². The van der Waals surface area contributed by atoms with Crippen molar-refractivity contribution in [1.29, 1.82) is 0 Å². The maximum atomic E-state index is 11.9. The lowest BCUT2D eigenvalue weighted by Crippen LogP contribution is -2.38. The number of nitrogens with one attached hydrogen (secondary N) is 2. The van der Waals surface area contributed by atoms with Crippen molar-refractivity contribution in [1.82, 2.24) is 9.88 Å². The average molecular weight is 301 g/mol. The van der Waals surface area contributed by atoms with Crippen LogP contribution >= 0.6 is 0 Å². The summed E-state index contributed by atoms with van der Waals surface area (Å²) in [6.45, 7) is 2.11. The molecule has 0 saturated carbocycles. The van der Waals surface area contributed by atoms with Crippen LogP contribution in [0.2, 0.25) is 0 Å². The molecule has 1 amide bonds. The van der Waals surface area contributed by atoms with Crippen LogP contribution in [0.3, 0.4) is 0 Å². The average Bonchev–Trinajstić information content (AvgIpc) is 2.90. The second kappa shape index (κ2) is 6.80. The Hall–Kier alpha value is -2.76. The van der Waals surface area contributed by atoms with E-state index in [9.17, 15) is 9.59 Å². The van der Waals surface area contributed by atoms with Gasteiger partial charge < -0.3 is 20.3 Å². The number of amides is 1. The van der Waals surface area contributed by atoms with Crippen molar-refractivity contribution < 1.29 is 14.7 Å². The van der Waals surface area contributed by atoms with E-state index in [4.69, 9.17) is 5.11 Å². The number of hydrogen-bond donors (Lipinski definition) is 3. The number of carbonyl (C=O) groups excluding carboxylic acids is 1. The van der Waals surface area contributed by atoms with Crippen LogP contribution in [0.1, 0.15) is 23.0 Å². The lowest BCUT2D eigenvalue weighted by atomic mass is 10.2. The monoisotopic (exact) mass is 301 g/mol. The zero-order valence-corrected chi connectivity index (χ0v) is 12.5. The Morgan fingerprint density at radius 3 is 2.45 bits per heavy atom. The second-order valence-electron chi connectivity index (χ2n) is 5.07. The molecule has 6 nitrogen and oxygen atoms in total. The van der Waals surface area contributed by atoms with Crippen molar-refractivity contribution in [2.45, 2.75) is 19.5 Å². The first-order valence-corrected chi connectivity index (χ1v) is 6.95. The zero-order chi connectivity index (χ0) is 16.1. The summed E-state index contributed by atoms with van der Waals surface area (Å²) < 4.78 is 2.03. The van der Waals surface area contributed by atoms with Gasteiger partial charge in [-0.15, -0.1) is 0 Å². The van der Waals surface area contributed by atoms with Crippen molar-refractivity contribution >= 4 is 17.6 Å². The number of anilines is 1. The molecule has 1 heterocycles. The fourth-order valence-corrected chi connectivity index (χ4v) is 1.95. The number of benzene rings is 1. The van der Waals surface area contributed by atoms with Gasteiger partial charge in [0.25, 0.3) is 5.91 Å². The van der Waals surface area contributed by atoms with Gasteiger partial charge in [0.2, 0.25) is 0 Å². The van der Waals surface area contributed by atoms with Gasteiger partial charge in [-0.2, -0.15) is 0 Å². The zero-order valence-electron chi connectivity index (χ0n) is 12.5. The van der Waals surface area contributed by atoms with Crippen LogP contribution in [-0.4, -0.2) is 27.6 Å². The highest BCUT2D eigenvalue weighted by molar-refractivity contribution is 5.96. The standard InChI is InChI=1S/C16H19N3O3/c1-11(16(21)22)18-15(20)12-5-7-13(8-6-12)17-10-14-4-3-9-19(14)2/h3-9,11,17H,10H2,1-2H3,(H,18,20)(H,21,22). The molecule has 0 aliphatic heterocycles. The summed E-state index contributed by atoms with van der Waals surface area (Å²) in [4.78, 5) is 22.6. The quantitative estimate of drug-likeness (QED) is 0.760. The number of rotatable bonds is 6. The Bertz CT molecular complexity index is 662. The Morgan fingerprint density at radius 2 is 1.91 bits per heavy atom. The molecule has 2 rings (SSSR count). The van der Waals surface area contributed by atoms with Gasteiger partial charge in [0.15, 0.2) is 0 Å². The van der Waals surface area contributed by atoms with Crippen LogP contribution < -0.4 is 10.6 Å². The van der Waals surface area contributed by atoms with Crippen LogP contribution in [0.4, 0.5) is 5.69 Å². The second-order valence-corrected chi connectivity index (χ2v) is 5.07. The summed E-state index contributed by atoms with van der Waals surface area (Å²) in [5, 5.41) is 14.5. The van der Waals surface area contributed by atoms with Crippen molar-refractivity contribution in [3.63, 3.8) is 0 Å². The number of carbonyl (C=O) groups is 2. The van der Waals surface area contributed by atoms with Gasteiger partial charge in [-0.3, -0.25) is 9.59 Å². The predicted molar refractivity (Wildman–Crippen MR) is 83.7 cm³/mol. The molecule has 0 saturated heterocycles. The van der Waals surface area contributed by atoms with Crippen LogP contribution in [-0.2, 0) is 18.4 Å². The van der Waals surface area contributed by atoms with Gasteiger partial charge in [0.1, 0.15) is 6.04 Å². The first-order chi connectivity index (χ1) is 10.5. The Balaban J connectivity index is 1.94. The summed E-state index contributed by atoms with van der Waals surface area (Å²) in [6.07, 6.45) is 1.98. The molecule has 1 atom stereocenters. The predicted octanol–water partition coefficient (Wildman–Crippen LogP) is 1.84. The molecule has 1 aromatic carbocycles. The number of carboxylic acids is 1. The molecule has 22 heavy (non-hydrogen) atoms. The van der Waals surface area contributed by atoms with Crippen LogP contribution in [0, 0.1) is 0 Å². The highest BCUT2D eigenvalue weighted by Gasteiger charge is 2.14. The number of carboxylic acid groups (broad SMARTS) is 1. The van der Waals surface area contributed by atoms with E-state index in [0.29, 0.717) is 12.1 Å². The number of hydrogen-bond acceptors (Lipinski definition) is 3. The summed E-state index contributed by atoms with van der Waals surface area (Å²) in [5.74, 6) is -1.46. The molecule has 0 spiro atoms. The fraction of sp³-hybridized carbons (Fsp3) is 0.250. The van der Waals surface area contributed by atoms with E-state index in [0.717, 1.165) is 11.4 Å². The maximum Gasteiger partial charge on any atom is 0.325 e. The number of aromatic nitrogens is 1. The minimum atomic E-state index is -1.06. The first-order valence-electron chi connectivity index (χ1n) is 6.95. The van der Waals surface area contributed by atoms with Crippen LogP contribution in [0.25, 0.3) is 0 Å². The molecule has 0 aliphatic rings. The SMILES string of the molecule is CC(NC(=O)c1ccc(NCc2cccn2C)cc1)C(=O)O. The highest BCUT2D eigenvalue weighted by atomic mass is 16.4. The number of aliphatic carboxylic acids is 1. The summed E-state index contributed by atoms with van der Waals surface area (Å²) in [7, 11) is 1.98. The third kappa shape index (κ3) is 3.88. The van der Waals surface area contributed by atoms with E-state index in [-0.39, 0.29) is 0 Å². The minimum Gasteiger partial charge on any atom is -0.480 e. The largest absolute Gasteiger partial charge is 0.480 e. The minimum absolute atomic E-state index is 0.399. The fourth-order valence-electron chi connectivity index (χ4n) is 1.95. The van der Waals surface area contributed by atoms with E-state index in [1.807, 2.05) is 29.9 Å². The van der Waals surface area contributed by atoms with E-state index in [2.05, 4.69) is 10.6 Å². The molecular formula is C16H19N3O3. The van der Waals surface area contributed by atoms with Crippen LogP contribution in [0.15, 0.2) is 42.6 Å². The molecule has 0 bridgehead atoms. The summed E-state index contributed by atoms with van der Waals surface area (Å²) in [6, 6.07) is 10.0. The normalized spacial score (nSPS) is 11.7. The number of nitrogens with zero attached hydrogens (tertiary/aromatic N) is 1. The highest BCUT2D eigenvalue weighted by Crippen LogP contribution is 2.11. The summed E-state index contributed by atoms with van der Waals surface area (Å²) >= 11 is 0. The topological polar surface area (TPSA) is 83.4 Å². The van der Waals surface area contributed by atoms with Gasteiger partial charge in [-0.1, -0.05) is 0 Å². The van der Waals surface area contributed by atoms with Gasteiger partial charge in [-0.25, -0.2) is 0 Å². The lowest BCUT2D eigenvalue weighted by Gasteiger charge is -2.10. The van der Waals surface area contributed by atoms with E-state index >= 15 is 0 Å². The lowest BCUT2D eigenvalue weighted by molar-refractivity contribution is -0.138. The molecule has 0 aliphatic carbocycles. The van der Waals surface area contributed by atoms with Gasteiger partial charge >= 0.3 is 5.97 Å². The Labute approximate surface area is 128 Å². The van der Waals surface area contributed by atoms with Crippen LogP contribution in [0.5, 0.6) is 0 Å². The molecule has 0 radical (unpaired) electrons. The molecule has 1 unspecified atom stereocenters. The summed E-state index contributed by atoms with van der Waals surface area (Å²) in [5.41, 5.74) is 2.47. The van der Waals surface area contributed by atoms with Crippen molar-refractivity contribution in [2.24, 2.45) is 7.05 Å². The van der Waals surface area contributed by atoms with Gasteiger partial charge in [0, 0.05) is 30.2 Å². The smallest absolute Gasteiger partial charge is 0.325 e. The maximum absolute atomic E-state index is 11.9. The molecule has 116 valence electrons. The first kappa shape index (κ1) is 15.6.